The SMILES string of the molecule is COc1ccc(CN2CC[C@@H]3OCC(=O)N(c4ccccc4)C[C@H]3C2)cc1OC(C)C. The van der Waals surface area contributed by atoms with E-state index in [9.17, 15) is 4.79 Å². The zero-order chi connectivity index (χ0) is 21.8. The molecule has 2 fully saturated rings. The van der Waals surface area contributed by atoms with Crippen LogP contribution in [0, 0.1) is 5.92 Å². The van der Waals surface area contributed by atoms with Gasteiger partial charge in [-0.05, 0) is 50.1 Å². The first-order chi connectivity index (χ1) is 15.0. The van der Waals surface area contributed by atoms with Crippen LogP contribution in [-0.4, -0.2) is 56.4 Å². The Morgan fingerprint density at radius 1 is 1.10 bits per heavy atom. The topological polar surface area (TPSA) is 51.2 Å². The average molecular weight is 425 g/mol. The molecule has 31 heavy (non-hydrogen) atoms. The minimum absolute atomic E-state index is 0.0396. The summed E-state index contributed by atoms with van der Waals surface area (Å²) in [5.74, 6) is 1.86. The zero-order valence-electron chi connectivity index (χ0n) is 18.6. The maximum absolute atomic E-state index is 12.7. The number of rotatable bonds is 6. The lowest BCUT2D eigenvalue weighted by molar-refractivity contribution is -0.124. The van der Waals surface area contributed by atoms with E-state index < -0.39 is 0 Å². The van der Waals surface area contributed by atoms with E-state index in [1.165, 1.54) is 5.56 Å². The Bertz CT molecular complexity index is 886. The van der Waals surface area contributed by atoms with Crippen LogP contribution in [0.4, 0.5) is 5.69 Å². The highest BCUT2D eigenvalue weighted by Crippen LogP contribution is 2.31. The first kappa shape index (κ1) is 21.7. The fourth-order valence-corrected chi connectivity index (χ4v) is 4.50. The third-order valence-electron chi connectivity index (χ3n) is 5.95. The lowest BCUT2D eigenvalue weighted by Gasteiger charge is -2.38. The van der Waals surface area contributed by atoms with Crippen molar-refractivity contribution in [3.8, 4) is 11.5 Å². The van der Waals surface area contributed by atoms with Crippen molar-refractivity contribution in [2.24, 2.45) is 5.92 Å². The largest absolute Gasteiger partial charge is 0.493 e. The van der Waals surface area contributed by atoms with Crippen LogP contribution in [0.2, 0.25) is 0 Å². The second kappa shape index (κ2) is 9.71. The highest BCUT2D eigenvalue weighted by molar-refractivity contribution is 5.94. The van der Waals surface area contributed by atoms with Gasteiger partial charge in [0.05, 0.1) is 19.3 Å². The predicted octanol–water partition coefficient (Wildman–Crippen LogP) is 3.74. The van der Waals surface area contributed by atoms with Gasteiger partial charge in [-0.1, -0.05) is 24.3 Å². The van der Waals surface area contributed by atoms with E-state index >= 15 is 0 Å². The first-order valence-electron chi connectivity index (χ1n) is 11.1. The number of piperidine rings is 1. The van der Waals surface area contributed by atoms with Gasteiger partial charge in [-0.25, -0.2) is 0 Å². The third kappa shape index (κ3) is 5.20. The van der Waals surface area contributed by atoms with E-state index in [-0.39, 0.29) is 30.6 Å². The van der Waals surface area contributed by atoms with Crippen molar-refractivity contribution in [1.29, 1.82) is 0 Å². The Labute approximate surface area is 184 Å². The van der Waals surface area contributed by atoms with Gasteiger partial charge in [0.15, 0.2) is 11.5 Å². The normalized spacial score (nSPS) is 22.2. The Balaban J connectivity index is 1.46. The molecule has 4 rings (SSSR count). The number of likely N-dealkylation sites (tertiary alicyclic amines) is 1. The van der Waals surface area contributed by atoms with Crippen molar-refractivity contribution >= 4 is 11.6 Å². The lowest BCUT2D eigenvalue weighted by Crippen LogP contribution is -2.47. The molecule has 0 radical (unpaired) electrons. The summed E-state index contributed by atoms with van der Waals surface area (Å²) in [5, 5.41) is 0. The fourth-order valence-electron chi connectivity index (χ4n) is 4.50. The minimum atomic E-state index is 0.0396. The van der Waals surface area contributed by atoms with Gasteiger partial charge < -0.3 is 19.1 Å². The maximum Gasteiger partial charge on any atom is 0.252 e. The molecule has 2 atom stereocenters. The van der Waals surface area contributed by atoms with Crippen LogP contribution in [0.1, 0.15) is 25.8 Å². The van der Waals surface area contributed by atoms with Gasteiger partial charge in [-0.15, -0.1) is 0 Å². The molecule has 0 aliphatic carbocycles. The number of para-hydroxylation sites is 1. The third-order valence-corrected chi connectivity index (χ3v) is 5.95. The number of fused-ring (bicyclic) bond motifs is 1. The van der Waals surface area contributed by atoms with Crippen LogP contribution in [-0.2, 0) is 16.1 Å². The summed E-state index contributed by atoms with van der Waals surface area (Å²) in [7, 11) is 1.67. The molecule has 0 unspecified atom stereocenters. The monoisotopic (exact) mass is 424 g/mol. The number of amides is 1. The van der Waals surface area contributed by atoms with Crippen molar-refractivity contribution < 1.29 is 19.0 Å². The molecule has 6 heteroatoms. The lowest BCUT2D eigenvalue weighted by atomic mass is 9.93. The van der Waals surface area contributed by atoms with Crippen LogP contribution in [0.3, 0.4) is 0 Å². The number of methoxy groups -OCH3 is 1. The van der Waals surface area contributed by atoms with Gasteiger partial charge in [0.1, 0.15) is 6.61 Å². The molecular weight excluding hydrogens is 392 g/mol. The van der Waals surface area contributed by atoms with Gasteiger partial charge in [0.25, 0.3) is 5.91 Å². The highest BCUT2D eigenvalue weighted by Gasteiger charge is 2.36. The van der Waals surface area contributed by atoms with Gasteiger partial charge >= 0.3 is 0 Å². The molecule has 2 aromatic rings. The molecule has 2 saturated heterocycles. The van der Waals surface area contributed by atoms with Crippen molar-refractivity contribution in [3.05, 3.63) is 54.1 Å². The summed E-state index contributed by atoms with van der Waals surface area (Å²) >= 11 is 0. The molecule has 2 heterocycles. The van der Waals surface area contributed by atoms with Crippen LogP contribution in [0.25, 0.3) is 0 Å². The number of carbonyl (C=O) groups is 1. The van der Waals surface area contributed by atoms with E-state index in [1.807, 2.05) is 55.1 Å². The van der Waals surface area contributed by atoms with E-state index in [4.69, 9.17) is 14.2 Å². The fraction of sp³-hybridized carbons (Fsp3) is 0.480. The Morgan fingerprint density at radius 3 is 2.65 bits per heavy atom. The summed E-state index contributed by atoms with van der Waals surface area (Å²) in [4.78, 5) is 17.0. The smallest absolute Gasteiger partial charge is 0.252 e. The first-order valence-corrected chi connectivity index (χ1v) is 11.1. The zero-order valence-corrected chi connectivity index (χ0v) is 18.6. The highest BCUT2D eigenvalue weighted by atomic mass is 16.5. The van der Waals surface area contributed by atoms with Crippen molar-refractivity contribution in [1.82, 2.24) is 4.90 Å². The molecular formula is C25H32N2O4. The quantitative estimate of drug-likeness (QED) is 0.707. The van der Waals surface area contributed by atoms with E-state index in [1.54, 1.807) is 7.11 Å². The summed E-state index contributed by atoms with van der Waals surface area (Å²) in [6.45, 7) is 7.56. The standard InChI is InChI=1S/C25H32N2O4/c1-18(2)31-24-13-19(9-10-23(24)29-3)14-26-12-11-22-20(15-26)16-27(25(28)17-30-22)21-7-5-4-6-8-21/h4-10,13,18,20,22H,11-12,14-17H2,1-3H3/t20-,22+/m1/s1. The number of hydrogen-bond donors (Lipinski definition) is 0. The Morgan fingerprint density at radius 2 is 1.90 bits per heavy atom. The summed E-state index contributed by atoms with van der Waals surface area (Å²) in [5.41, 5.74) is 2.14. The van der Waals surface area contributed by atoms with Gasteiger partial charge in [0, 0.05) is 37.8 Å². The molecule has 2 aliphatic heterocycles. The number of benzene rings is 2. The van der Waals surface area contributed by atoms with E-state index in [0.717, 1.165) is 43.2 Å². The molecule has 0 spiro atoms. The van der Waals surface area contributed by atoms with E-state index in [2.05, 4.69) is 17.0 Å². The molecule has 2 aliphatic rings. The van der Waals surface area contributed by atoms with Crippen LogP contribution >= 0.6 is 0 Å². The van der Waals surface area contributed by atoms with Crippen molar-refractivity contribution in [2.45, 2.75) is 39.0 Å². The second-order valence-corrected chi connectivity index (χ2v) is 8.63. The Hall–Kier alpha value is -2.57. The number of hydrogen-bond acceptors (Lipinski definition) is 5. The molecule has 166 valence electrons. The van der Waals surface area contributed by atoms with Crippen molar-refractivity contribution in [2.75, 3.05) is 38.3 Å². The second-order valence-electron chi connectivity index (χ2n) is 8.63. The Kier molecular flexibility index (Phi) is 6.78. The maximum atomic E-state index is 12.7. The van der Waals surface area contributed by atoms with Crippen LogP contribution in [0.5, 0.6) is 11.5 Å². The molecule has 0 N–H and O–H groups in total. The number of nitrogens with zero attached hydrogens (tertiary/aromatic N) is 2. The number of carbonyl (C=O) groups excluding carboxylic acids is 1. The van der Waals surface area contributed by atoms with Crippen LogP contribution in [0.15, 0.2) is 48.5 Å². The molecule has 2 aromatic carbocycles. The van der Waals surface area contributed by atoms with Gasteiger partial charge in [-0.3, -0.25) is 9.69 Å². The molecule has 0 saturated carbocycles. The van der Waals surface area contributed by atoms with Gasteiger partial charge in [-0.2, -0.15) is 0 Å². The molecule has 0 bridgehead atoms. The van der Waals surface area contributed by atoms with E-state index in [0.29, 0.717) is 6.54 Å². The summed E-state index contributed by atoms with van der Waals surface area (Å²) < 4.78 is 17.4. The minimum Gasteiger partial charge on any atom is -0.493 e. The number of anilines is 1. The number of ether oxygens (including phenoxy) is 3. The summed E-state index contributed by atoms with van der Waals surface area (Å²) in [6, 6.07) is 16.1. The van der Waals surface area contributed by atoms with Gasteiger partial charge in [0.2, 0.25) is 0 Å². The predicted molar refractivity (Wildman–Crippen MR) is 121 cm³/mol. The average Bonchev–Trinajstić information content (AvgIpc) is 2.93. The van der Waals surface area contributed by atoms with Crippen molar-refractivity contribution in [3.63, 3.8) is 0 Å². The summed E-state index contributed by atoms with van der Waals surface area (Å²) in [6.07, 6.45) is 1.15. The van der Waals surface area contributed by atoms with Crippen LogP contribution < -0.4 is 14.4 Å². The molecule has 0 aromatic heterocycles. The molecule has 6 nitrogen and oxygen atoms in total. The molecule has 1 amide bonds.